The Kier molecular flexibility index (Phi) is 2.06. The standard InChI is InChI=1S/C9H5BrF3N/c10-7-4-8-5(1-2-14-8)3-6(7)9(11,12)13/h1-4,14H. The molecule has 2 aromatic rings. The van der Waals surface area contributed by atoms with Crippen LogP contribution in [0, 0.1) is 0 Å². The molecule has 5 heteroatoms. The Balaban J connectivity index is 2.71. The van der Waals surface area contributed by atoms with Crippen LogP contribution in [0.3, 0.4) is 0 Å². The van der Waals surface area contributed by atoms with Crippen LogP contribution in [0.1, 0.15) is 5.56 Å². The number of H-pyrrole nitrogens is 1. The summed E-state index contributed by atoms with van der Waals surface area (Å²) >= 11 is 2.90. The fraction of sp³-hybridized carbons (Fsp3) is 0.111. The Hall–Kier alpha value is -0.970. The molecule has 1 heterocycles. The van der Waals surface area contributed by atoms with E-state index in [2.05, 4.69) is 20.9 Å². The number of hydrogen-bond acceptors (Lipinski definition) is 0. The largest absolute Gasteiger partial charge is 0.417 e. The van der Waals surface area contributed by atoms with Gasteiger partial charge >= 0.3 is 6.18 Å². The number of halogens is 4. The maximum absolute atomic E-state index is 12.4. The van der Waals surface area contributed by atoms with Crippen molar-refractivity contribution in [1.29, 1.82) is 0 Å². The predicted molar refractivity (Wildman–Crippen MR) is 51.0 cm³/mol. The van der Waals surface area contributed by atoms with Crippen molar-refractivity contribution in [3.05, 3.63) is 34.4 Å². The van der Waals surface area contributed by atoms with Crippen LogP contribution in [0.15, 0.2) is 28.9 Å². The minimum atomic E-state index is -4.32. The quantitative estimate of drug-likeness (QED) is 0.741. The van der Waals surface area contributed by atoms with E-state index < -0.39 is 11.7 Å². The van der Waals surface area contributed by atoms with Gasteiger partial charge in [0.25, 0.3) is 0 Å². The maximum atomic E-state index is 12.4. The molecule has 0 unspecified atom stereocenters. The van der Waals surface area contributed by atoms with Crippen molar-refractivity contribution in [3.63, 3.8) is 0 Å². The minimum absolute atomic E-state index is 0.0555. The second-order valence-corrected chi connectivity index (χ2v) is 3.75. The molecule has 0 aliphatic carbocycles. The molecule has 1 aromatic heterocycles. The summed E-state index contributed by atoms with van der Waals surface area (Å²) in [6.45, 7) is 0. The van der Waals surface area contributed by atoms with Gasteiger partial charge in [-0.15, -0.1) is 0 Å². The predicted octanol–water partition coefficient (Wildman–Crippen LogP) is 3.95. The van der Waals surface area contributed by atoms with E-state index >= 15 is 0 Å². The molecule has 0 bridgehead atoms. The van der Waals surface area contributed by atoms with Crippen LogP contribution in [-0.4, -0.2) is 4.98 Å². The SMILES string of the molecule is FC(F)(F)c1cc2cc[nH]c2cc1Br. The lowest BCUT2D eigenvalue weighted by Crippen LogP contribution is -2.05. The van der Waals surface area contributed by atoms with E-state index in [4.69, 9.17) is 0 Å². The molecule has 1 nitrogen and oxygen atoms in total. The highest BCUT2D eigenvalue weighted by molar-refractivity contribution is 9.10. The summed E-state index contributed by atoms with van der Waals surface area (Å²) in [6.07, 6.45) is -2.71. The van der Waals surface area contributed by atoms with Crippen molar-refractivity contribution in [2.75, 3.05) is 0 Å². The van der Waals surface area contributed by atoms with Crippen LogP contribution in [-0.2, 0) is 6.18 Å². The first kappa shape index (κ1) is 9.58. The van der Waals surface area contributed by atoms with Gasteiger partial charge in [-0.1, -0.05) is 15.9 Å². The Labute approximate surface area is 86.1 Å². The van der Waals surface area contributed by atoms with Gasteiger partial charge in [-0.05, 0) is 18.2 Å². The first-order valence-electron chi connectivity index (χ1n) is 3.82. The third kappa shape index (κ3) is 1.52. The van der Waals surface area contributed by atoms with E-state index in [0.29, 0.717) is 10.9 Å². The van der Waals surface area contributed by atoms with Crippen molar-refractivity contribution in [2.24, 2.45) is 0 Å². The number of aromatic amines is 1. The molecule has 0 aliphatic rings. The van der Waals surface area contributed by atoms with Crippen molar-refractivity contribution in [2.45, 2.75) is 6.18 Å². The van der Waals surface area contributed by atoms with Gasteiger partial charge in [0, 0.05) is 21.6 Å². The number of hydrogen-bond donors (Lipinski definition) is 1. The van der Waals surface area contributed by atoms with Gasteiger partial charge in [-0.25, -0.2) is 0 Å². The normalized spacial score (nSPS) is 12.3. The zero-order chi connectivity index (χ0) is 10.3. The Bertz CT molecular complexity index is 472. The molecule has 2 rings (SSSR count). The summed E-state index contributed by atoms with van der Waals surface area (Å²) in [4.78, 5) is 2.84. The van der Waals surface area contributed by atoms with Gasteiger partial charge in [-0.2, -0.15) is 13.2 Å². The highest BCUT2D eigenvalue weighted by Gasteiger charge is 2.33. The monoisotopic (exact) mass is 263 g/mol. The van der Waals surface area contributed by atoms with Gasteiger partial charge in [0.15, 0.2) is 0 Å². The average molecular weight is 264 g/mol. The van der Waals surface area contributed by atoms with E-state index in [-0.39, 0.29) is 4.47 Å². The zero-order valence-electron chi connectivity index (χ0n) is 6.82. The number of nitrogens with one attached hydrogen (secondary N) is 1. The molecule has 0 saturated carbocycles. The van der Waals surface area contributed by atoms with Crippen molar-refractivity contribution < 1.29 is 13.2 Å². The average Bonchev–Trinajstić information content (AvgIpc) is 2.47. The van der Waals surface area contributed by atoms with Crippen molar-refractivity contribution >= 4 is 26.8 Å². The first-order valence-corrected chi connectivity index (χ1v) is 4.61. The lowest BCUT2D eigenvalue weighted by atomic mass is 10.1. The van der Waals surface area contributed by atoms with Crippen LogP contribution in [0.4, 0.5) is 13.2 Å². The van der Waals surface area contributed by atoms with Crippen LogP contribution < -0.4 is 0 Å². The molecule has 1 aromatic carbocycles. The highest BCUT2D eigenvalue weighted by Crippen LogP contribution is 2.36. The highest BCUT2D eigenvalue weighted by atomic mass is 79.9. The van der Waals surface area contributed by atoms with Crippen LogP contribution in [0.5, 0.6) is 0 Å². The third-order valence-electron chi connectivity index (χ3n) is 1.95. The van der Waals surface area contributed by atoms with Crippen molar-refractivity contribution in [3.8, 4) is 0 Å². The summed E-state index contributed by atoms with van der Waals surface area (Å²) in [5.74, 6) is 0. The molecule has 0 amide bonds. The second kappa shape index (κ2) is 3.02. The fourth-order valence-electron chi connectivity index (χ4n) is 1.29. The number of fused-ring (bicyclic) bond motifs is 1. The lowest BCUT2D eigenvalue weighted by molar-refractivity contribution is -0.138. The van der Waals surface area contributed by atoms with E-state index in [1.807, 2.05) is 0 Å². The van der Waals surface area contributed by atoms with Crippen molar-refractivity contribution in [1.82, 2.24) is 4.98 Å². The van der Waals surface area contributed by atoms with E-state index in [1.165, 1.54) is 6.07 Å². The summed E-state index contributed by atoms with van der Waals surface area (Å²) in [5.41, 5.74) is 0.0366. The topological polar surface area (TPSA) is 15.8 Å². The fourth-order valence-corrected chi connectivity index (χ4v) is 1.86. The summed E-state index contributed by atoms with van der Waals surface area (Å²) < 4.78 is 37.4. The second-order valence-electron chi connectivity index (χ2n) is 2.89. The molecule has 0 radical (unpaired) electrons. The zero-order valence-corrected chi connectivity index (χ0v) is 8.41. The number of benzene rings is 1. The van der Waals surface area contributed by atoms with E-state index in [1.54, 1.807) is 12.3 Å². The van der Waals surface area contributed by atoms with Gasteiger partial charge in [0.2, 0.25) is 0 Å². The Morgan fingerprint density at radius 2 is 1.93 bits per heavy atom. The molecule has 0 aliphatic heterocycles. The Morgan fingerprint density at radius 3 is 2.57 bits per heavy atom. The minimum Gasteiger partial charge on any atom is -0.361 e. The maximum Gasteiger partial charge on any atom is 0.417 e. The molecule has 0 fully saturated rings. The molecule has 0 spiro atoms. The molecule has 14 heavy (non-hydrogen) atoms. The molecule has 1 N–H and O–H groups in total. The number of alkyl halides is 3. The summed E-state index contributed by atoms with van der Waals surface area (Å²) in [5, 5.41) is 0.556. The van der Waals surface area contributed by atoms with Crippen LogP contribution in [0.2, 0.25) is 0 Å². The van der Waals surface area contributed by atoms with Gasteiger partial charge in [0.1, 0.15) is 0 Å². The Morgan fingerprint density at radius 1 is 1.21 bits per heavy atom. The molecule has 0 atom stereocenters. The van der Waals surface area contributed by atoms with E-state index in [9.17, 15) is 13.2 Å². The molecular weight excluding hydrogens is 259 g/mol. The van der Waals surface area contributed by atoms with E-state index in [0.717, 1.165) is 6.07 Å². The smallest absolute Gasteiger partial charge is 0.361 e. The lowest BCUT2D eigenvalue weighted by Gasteiger charge is -2.08. The number of aromatic nitrogens is 1. The third-order valence-corrected chi connectivity index (χ3v) is 2.60. The molecule has 74 valence electrons. The van der Waals surface area contributed by atoms with Crippen LogP contribution in [0.25, 0.3) is 10.9 Å². The van der Waals surface area contributed by atoms with Gasteiger partial charge < -0.3 is 4.98 Å². The summed E-state index contributed by atoms with van der Waals surface area (Å²) in [6, 6.07) is 4.16. The first-order chi connectivity index (χ1) is 6.48. The van der Waals surface area contributed by atoms with Gasteiger partial charge in [0.05, 0.1) is 5.56 Å². The number of rotatable bonds is 0. The molecule has 0 saturated heterocycles. The van der Waals surface area contributed by atoms with Gasteiger partial charge in [-0.3, -0.25) is 0 Å². The molecular formula is C9H5BrF3N. The summed E-state index contributed by atoms with van der Waals surface area (Å²) in [7, 11) is 0. The van der Waals surface area contributed by atoms with Crippen LogP contribution >= 0.6 is 15.9 Å².